The Bertz CT molecular complexity index is 488. The molecule has 1 aromatic carbocycles. The summed E-state index contributed by atoms with van der Waals surface area (Å²) in [5.74, 6) is -0.484. The average Bonchev–Trinajstić information content (AvgIpc) is 2.70. The fourth-order valence-electron chi connectivity index (χ4n) is 2.57. The van der Waals surface area contributed by atoms with Gasteiger partial charge in [-0.2, -0.15) is 0 Å². The lowest BCUT2D eigenvalue weighted by Crippen LogP contribution is -2.39. The van der Waals surface area contributed by atoms with Crippen LogP contribution >= 0.6 is 0 Å². The van der Waals surface area contributed by atoms with E-state index in [0.717, 1.165) is 0 Å². The Morgan fingerprint density at radius 2 is 2.11 bits per heavy atom. The van der Waals surface area contributed by atoms with Gasteiger partial charge in [0, 0.05) is 12.0 Å². The summed E-state index contributed by atoms with van der Waals surface area (Å²) in [5.41, 5.74) is 0.495. The minimum atomic E-state index is -0.739. The first-order valence-electron chi connectivity index (χ1n) is 6.40. The molecular formula is C14H17FO4. The Balaban J connectivity index is 1.80. The normalized spacial score (nSPS) is 32.7. The van der Waals surface area contributed by atoms with E-state index >= 15 is 0 Å². The average molecular weight is 268 g/mol. The zero-order valence-electron chi connectivity index (χ0n) is 10.9. The smallest absolute Gasteiger partial charge is 0.163 e. The van der Waals surface area contributed by atoms with Crippen LogP contribution in [0.5, 0.6) is 5.75 Å². The van der Waals surface area contributed by atoms with Crippen LogP contribution in [0.1, 0.15) is 31.9 Å². The van der Waals surface area contributed by atoms with Crippen molar-refractivity contribution < 1.29 is 23.7 Å². The fraction of sp³-hybridized carbons (Fsp3) is 0.571. The van der Waals surface area contributed by atoms with Crippen molar-refractivity contribution in [3.63, 3.8) is 0 Å². The second kappa shape index (κ2) is 4.44. The molecule has 0 aromatic heterocycles. The minimum Gasteiger partial charge on any atom is -0.487 e. The van der Waals surface area contributed by atoms with E-state index in [1.165, 1.54) is 12.1 Å². The van der Waals surface area contributed by atoms with Crippen molar-refractivity contribution in [2.24, 2.45) is 0 Å². The van der Waals surface area contributed by atoms with Gasteiger partial charge in [0.2, 0.25) is 0 Å². The monoisotopic (exact) mass is 268 g/mol. The molecule has 0 radical (unpaired) electrons. The zero-order valence-corrected chi connectivity index (χ0v) is 10.9. The molecule has 2 aliphatic rings. The maximum absolute atomic E-state index is 13.2. The highest BCUT2D eigenvalue weighted by Crippen LogP contribution is 2.38. The van der Waals surface area contributed by atoms with Crippen LogP contribution in [-0.2, 0) is 9.47 Å². The van der Waals surface area contributed by atoms with Gasteiger partial charge in [0.1, 0.15) is 23.8 Å². The van der Waals surface area contributed by atoms with Crippen molar-refractivity contribution in [1.82, 2.24) is 0 Å². The number of hydrogen-bond donors (Lipinski definition) is 1. The lowest BCUT2D eigenvalue weighted by molar-refractivity contribution is -0.152. The van der Waals surface area contributed by atoms with Gasteiger partial charge in [-0.05, 0) is 32.0 Å². The Labute approximate surface area is 111 Å². The lowest BCUT2D eigenvalue weighted by Gasteiger charge is -2.32. The number of ether oxygens (including phenoxy) is 3. The zero-order chi connectivity index (χ0) is 13.6. The largest absolute Gasteiger partial charge is 0.487 e. The Kier molecular flexibility index (Phi) is 3.00. The predicted octanol–water partition coefficient (Wildman–Crippen LogP) is 2.16. The third kappa shape index (κ3) is 2.45. The molecule has 3 atom stereocenters. The van der Waals surface area contributed by atoms with E-state index in [-0.39, 0.29) is 18.0 Å². The molecule has 0 aliphatic carbocycles. The first-order chi connectivity index (χ1) is 8.94. The maximum Gasteiger partial charge on any atom is 0.163 e. The molecule has 0 saturated carbocycles. The number of aliphatic hydroxyl groups is 1. The van der Waals surface area contributed by atoms with Crippen molar-refractivity contribution in [1.29, 1.82) is 0 Å². The van der Waals surface area contributed by atoms with E-state index in [1.54, 1.807) is 6.07 Å². The summed E-state index contributed by atoms with van der Waals surface area (Å²) in [6, 6.07) is 4.18. The molecule has 5 heteroatoms. The van der Waals surface area contributed by atoms with Crippen LogP contribution in [0.2, 0.25) is 0 Å². The molecule has 2 aliphatic heterocycles. The minimum absolute atomic E-state index is 0.220. The molecule has 1 saturated heterocycles. The highest BCUT2D eigenvalue weighted by molar-refractivity contribution is 5.37. The van der Waals surface area contributed by atoms with E-state index in [9.17, 15) is 9.50 Å². The third-order valence-electron chi connectivity index (χ3n) is 3.51. The van der Waals surface area contributed by atoms with Crippen LogP contribution in [0.15, 0.2) is 18.2 Å². The number of fused-ring (bicyclic) bond motifs is 1. The molecular weight excluding hydrogens is 251 g/mol. The molecule has 1 aromatic rings. The number of hydrogen-bond acceptors (Lipinski definition) is 4. The summed E-state index contributed by atoms with van der Waals surface area (Å²) in [5, 5.41) is 10.1. The summed E-state index contributed by atoms with van der Waals surface area (Å²) in [6.45, 7) is 4.12. The molecule has 19 heavy (non-hydrogen) atoms. The topological polar surface area (TPSA) is 47.9 Å². The standard InChI is InChI=1S/C14H17FO4/c1-14(2)17-7-13(19-14)12-6-10(16)9-5-8(15)3-4-11(9)18-12/h3-5,10,12-13,16H,6-7H2,1-2H3/t10-,12+,13-/m0/s1. The van der Waals surface area contributed by atoms with Crippen molar-refractivity contribution in [2.45, 2.75) is 44.4 Å². The summed E-state index contributed by atoms with van der Waals surface area (Å²) in [4.78, 5) is 0. The second-order valence-electron chi connectivity index (χ2n) is 5.46. The van der Waals surface area contributed by atoms with Crippen LogP contribution in [0, 0.1) is 5.82 Å². The van der Waals surface area contributed by atoms with Gasteiger partial charge in [-0.3, -0.25) is 0 Å². The summed E-state index contributed by atoms with van der Waals surface area (Å²) < 4.78 is 30.2. The van der Waals surface area contributed by atoms with Crippen LogP contribution < -0.4 is 4.74 Å². The molecule has 1 fully saturated rings. The van der Waals surface area contributed by atoms with Crippen LogP contribution in [-0.4, -0.2) is 29.7 Å². The summed E-state index contributed by atoms with van der Waals surface area (Å²) in [7, 11) is 0. The van der Waals surface area contributed by atoms with E-state index in [1.807, 2.05) is 13.8 Å². The molecule has 0 spiro atoms. The van der Waals surface area contributed by atoms with Crippen LogP contribution in [0.4, 0.5) is 4.39 Å². The van der Waals surface area contributed by atoms with E-state index in [4.69, 9.17) is 14.2 Å². The Morgan fingerprint density at radius 1 is 1.32 bits per heavy atom. The lowest BCUT2D eigenvalue weighted by atomic mass is 9.96. The van der Waals surface area contributed by atoms with E-state index in [0.29, 0.717) is 24.3 Å². The van der Waals surface area contributed by atoms with Gasteiger partial charge < -0.3 is 19.3 Å². The van der Waals surface area contributed by atoms with Crippen LogP contribution in [0.25, 0.3) is 0 Å². The Hall–Kier alpha value is -1.17. The van der Waals surface area contributed by atoms with Gasteiger partial charge >= 0.3 is 0 Å². The molecule has 4 nitrogen and oxygen atoms in total. The van der Waals surface area contributed by atoms with Gasteiger partial charge in [0.15, 0.2) is 5.79 Å². The van der Waals surface area contributed by atoms with Crippen molar-refractivity contribution in [3.8, 4) is 5.75 Å². The SMILES string of the molecule is CC1(C)OC[C@@H]([C@H]2C[C@H](O)c3cc(F)ccc3O2)O1. The van der Waals surface area contributed by atoms with Gasteiger partial charge in [0.05, 0.1) is 12.7 Å². The second-order valence-corrected chi connectivity index (χ2v) is 5.46. The number of rotatable bonds is 1. The quantitative estimate of drug-likeness (QED) is 0.848. The number of halogens is 1. The maximum atomic E-state index is 13.2. The van der Waals surface area contributed by atoms with Crippen molar-refractivity contribution in [3.05, 3.63) is 29.6 Å². The van der Waals surface area contributed by atoms with Crippen molar-refractivity contribution >= 4 is 0 Å². The highest BCUT2D eigenvalue weighted by atomic mass is 19.1. The van der Waals surface area contributed by atoms with Gasteiger partial charge in [-0.25, -0.2) is 4.39 Å². The number of aliphatic hydroxyl groups excluding tert-OH is 1. The first kappa shape index (κ1) is 12.8. The molecule has 1 N–H and O–H groups in total. The molecule has 2 heterocycles. The third-order valence-corrected chi connectivity index (χ3v) is 3.51. The first-order valence-corrected chi connectivity index (χ1v) is 6.40. The Morgan fingerprint density at radius 3 is 2.79 bits per heavy atom. The summed E-state index contributed by atoms with van der Waals surface area (Å²) >= 11 is 0. The molecule has 0 bridgehead atoms. The van der Waals surface area contributed by atoms with E-state index < -0.39 is 11.9 Å². The molecule has 0 unspecified atom stereocenters. The number of benzene rings is 1. The van der Waals surface area contributed by atoms with Crippen molar-refractivity contribution in [2.75, 3.05) is 6.61 Å². The predicted molar refractivity (Wildman–Crippen MR) is 65.3 cm³/mol. The van der Waals surface area contributed by atoms with Gasteiger partial charge in [-0.15, -0.1) is 0 Å². The molecule has 0 amide bonds. The van der Waals surface area contributed by atoms with Gasteiger partial charge in [-0.1, -0.05) is 0 Å². The molecule has 104 valence electrons. The fourth-order valence-corrected chi connectivity index (χ4v) is 2.57. The summed E-state index contributed by atoms with van der Waals surface area (Å²) in [6.07, 6.45) is -0.866. The van der Waals surface area contributed by atoms with E-state index in [2.05, 4.69) is 0 Å². The van der Waals surface area contributed by atoms with Gasteiger partial charge in [0.25, 0.3) is 0 Å². The molecule has 3 rings (SSSR count). The van der Waals surface area contributed by atoms with Crippen LogP contribution in [0.3, 0.4) is 0 Å². The highest BCUT2D eigenvalue weighted by Gasteiger charge is 2.41.